The van der Waals surface area contributed by atoms with Crippen LogP contribution in [0.15, 0.2) is 23.3 Å². The van der Waals surface area contributed by atoms with Crippen molar-refractivity contribution in [2.75, 3.05) is 27.4 Å². The van der Waals surface area contributed by atoms with E-state index in [0.29, 0.717) is 18.4 Å². The molecule has 2 saturated heterocycles. The minimum atomic E-state index is -2.78. The second-order valence-electron chi connectivity index (χ2n) is 18.5. The minimum Gasteiger partial charge on any atom is -0.379 e. The molecule has 0 aromatic carbocycles. The molecule has 13 unspecified atom stereocenters. The van der Waals surface area contributed by atoms with E-state index in [4.69, 9.17) is 23.7 Å². The summed E-state index contributed by atoms with van der Waals surface area (Å²) < 4.78 is 30.7. The number of fused-ring (bicyclic) bond motifs is 3. The molecule has 4 rings (SSSR count). The molecule has 2 amide bonds. The first-order chi connectivity index (χ1) is 28.4. The Morgan fingerprint density at radius 3 is 2.33 bits per heavy atom. The van der Waals surface area contributed by atoms with Crippen LogP contribution < -0.4 is 5.32 Å². The summed E-state index contributed by atoms with van der Waals surface area (Å²) in [6, 6.07) is -0.494. The summed E-state index contributed by atoms with van der Waals surface area (Å²) in [7, 11) is 2.76. The Labute approximate surface area is 359 Å². The number of carbonyl (C=O) groups excluding carboxylic acids is 5. The highest BCUT2D eigenvalue weighted by molar-refractivity contribution is 6.39. The molecule has 3 aliphatic heterocycles. The summed E-state index contributed by atoms with van der Waals surface area (Å²) in [6.07, 6.45) is 8.83. The van der Waals surface area contributed by atoms with Crippen molar-refractivity contribution < 1.29 is 52.8 Å². The fourth-order valence-electron chi connectivity index (χ4n) is 10.0. The Balaban J connectivity index is 1.71. The monoisotopic (exact) mass is 845 g/mol. The molecule has 1 saturated carbocycles. The molecule has 0 radical (unpaired) electrons. The van der Waals surface area contributed by atoms with Gasteiger partial charge < -0.3 is 39.0 Å². The lowest BCUT2D eigenvalue weighted by Crippen LogP contribution is -2.67. The van der Waals surface area contributed by atoms with Crippen LogP contribution in [-0.2, 0) is 47.7 Å². The van der Waals surface area contributed by atoms with Crippen molar-refractivity contribution in [2.45, 2.75) is 187 Å². The number of hydrogen-bond donors (Lipinski definition) is 2. The van der Waals surface area contributed by atoms with Crippen LogP contribution in [-0.4, -0.2) is 121 Å². The topological polar surface area (TPSA) is 167 Å². The molecule has 4 aliphatic rings. The molecule has 60 heavy (non-hydrogen) atoms. The number of piperidine rings is 1. The van der Waals surface area contributed by atoms with Crippen molar-refractivity contribution in [1.29, 1.82) is 0 Å². The Morgan fingerprint density at radius 1 is 0.983 bits per heavy atom. The van der Waals surface area contributed by atoms with E-state index in [-0.39, 0.29) is 73.4 Å². The van der Waals surface area contributed by atoms with E-state index < -0.39 is 59.5 Å². The molecule has 1 aliphatic carbocycles. The number of ether oxygens (including phenoxy) is 5. The zero-order chi connectivity index (χ0) is 44.5. The number of methoxy groups -OCH3 is 2. The zero-order valence-electron chi connectivity index (χ0n) is 38.3. The number of hydrogen-bond acceptors (Lipinski definition) is 11. The van der Waals surface area contributed by atoms with Crippen molar-refractivity contribution >= 4 is 29.2 Å². The van der Waals surface area contributed by atoms with Crippen molar-refractivity contribution in [3.63, 3.8) is 0 Å². The van der Waals surface area contributed by atoms with Gasteiger partial charge in [0.2, 0.25) is 11.7 Å². The van der Waals surface area contributed by atoms with E-state index in [1.165, 1.54) is 33.0 Å². The largest absolute Gasteiger partial charge is 0.379 e. The third kappa shape index (κ3) is 12.2. The van der Waals surface area contributed by atoms with E-state index in [2.05, 4.69) is 38.2 Å². The molecular weight excluding hydrogens is 769 g/mol. The average molecular weight is 845 g/mol. The second-order valence-corrected chi connectivity index (χ2v) is 18.5. The highest BCUT2D eigenvalue weighted by atomic mass is 16.7. The lowest BCUT2D eigenvalue weighted by atomic mass is 9.81. The molecule has 0 spiro atoms. The molecule has 0 aromatic rings. The molecule has 13 nitrogen and oxygen atoms in total. The van der Waals surface area contributed by atoms with Crippen LogP contribution in [0.1, 0.15) is 133 Å². The summed E-state index contributed by atoms with van der Waals surface area (Å²) in [6.45, 7) is 17.4. The van der Waals surface area contributed by atoms with Gasteiger partial charge in [0.05, 0.1) is 49.0 Å². The number of carbonyl (C=O) groups is 5. The van der Waals surface area contributed by atoms with Crippen molar-refractivity contribution in [2.24, 2.45) is 29.6 Å². The normalized spacial score (nSPS) is 37.6. The number of nitrogens with zero attached hydrogens (tertiary/aromatic N) is 1. The van der Waals surface area contributed by atoms with Gasteiger partial charge in [-0.2, -0.15) is 0 Å². The summed E-state index contributed by atoms with van der Waals surface area (Å²) in [5.41, 5.74) is 1.73. The molecule has 0 aromatic heterocycles. The number of nitrogens with one attached hydrogen (secondary N) is 1. The zero-order valence-corrected chi connectivity index (χ0v) is 38.3. The second kappa shape index (κ2) is 22.5. The molecular formula is C47H76N2O11. The maximum Gasteiger partial charge on any atom is 0.296 e. The van der Waals surface area contributed by atoms with Gasteiger partial charge in [-0.25, -0.2) is 0 Å². The first-order valence-electron chi connectivity index (χ1n) is 22.7. The molecule has 2 bridgehead atoms. The quantitative estimate of drug-likeness (QED) is 0.215. The molecule has 2 N–H and O–H groups in total. The van der Waals surface area contributed by atoms with E-state index >= 15 is 0 Å². The number of amides is 2. The summed E-state index contributed by atoms with van der Waals surface area (Å²) >= 11 is 0. The van der Waals surface area contributed by atoms with Gasteiger partial charge in [0.25, 0.3) is 11.7 Å². The van der Waals surface area contributed by atoms with Gasteiger partial charge in [0, 0.05) is 33.6 Å². The first-order valence-corrected chi connectivity index (χ1v) is 22.7. The Hall–Kier alpha value is -2.81. The van der Waals surface area contributed by atoms with Gasteiger partial charge in [-0.15, -0.1) is 0 Å². The van der Waals surface area contributed by atoms with Crippen LogP contribution in [0.4, 0.5) is 0 Å². The average Bonchev–Trinajstić information content (AvgIpc) is 3.20. The maximum absolute atomic E-state index is 14.3. The number of Topliss-reactive ketones (excluding diaryl/α,β-unsaturated/α-hetero) is 3. The first kappa shape index (κ1) is 49.8. The highest BCUT2D eigenvalue weighted by Crippen LogP contribution is 2.38. The SMILES string of the molecule is CCC1C=C(C)C(=O)C(C)CC(OC)C2OC(O)(C(=O)C(=O)N3CCCCC3COC(C(C)=CC3CCC(NC(C)=O)C(OC(C)C)C3)C(C)CCC1)C(C)C(=O)C2OC. The third-order valence-corrected chi connectivity index (χ3v) is 13.5. The number of aliphatic hydroxyl groups is 1. The highest BCUT2D eigenvalue weighted by Gasteiger charge is 2.60. The molecule has 13 atom stereocenters. The molecule has 13 heteroatoms. The van der Waals surface area contributed by atoms with E-state index in [1.807, 2.05) is 20.8 Å². The maximum atomic E-state index is 14.3. The van der Waals surface area contributed by atoms with E-state index in [1.54, 1.807) is 6.92 Å². The molecule has 3 heterocycles. The van der Waals surface area contributed by atoms with Gasteiger partial charge in [0.1, 0.15) is 12.2 Å². The van der Waals surface area contributed by atoms with E-state index in [0.717, 1.165) is 56.9 Å². The standard InChI is InChI=1S/C47H76N2O11/c1-12-34-17-15-16-28(4)42(31(7)23-35-19-20-37(48-33(9)50)38(25-35)59-27(2)3)58-26-36-18-13-14-21-49(36)46(54)45(53)47(55)32(8)41(52)44(57-11)43(60-47)39(56-10)24-30(6)40(51)29(5)22-34/h22-23,27-28,30,32,34-39,42-44,55H,12-21,24-26H2,1-11H3,(H,48,50). The van der Waals surface area contributed by atoms with Gasteiger partial charge in [-0.05, 0) is 128 Å². The van der Waals surface area contributed by atoms with Gasteiger partial charge in [-0.3, -0.25) is 24.0 Å². The van der Waals surface area contributed by atoms with Crippen molar-refractivity contribution in [3.05, 3.63) is 23.3 Å². The fraction of sp³-hybridized carbons (Fsp3) is 0.809. The lowest BCUT2D eigenvalue weighted by molar-refractivity contribution is -0.287. The summed E-state index contributed by atoms with van der Waals surface area (Å²) in [5.74, 6) is -7.13. The van der Waals surface area contributed by atoms with Crippen LogP contribution >= 0.6 is 0 Å². The Bertz CT molecular complexity index is 1560. The van der Waals surface area contributed by atoms with Gasteiger partial charge in [-0.1, -0.05) is 39.3 Å². The number of ketones is 3. The third-order valence-electron chi connectivity index (χ3n) is 13.5. The van der Waals surface area contributed by atoms with Crippen LogP contribution in [0, 0.1) is 29.6 Å². The minimum absolute atomic E-state index is 0.0126. The van der Waals surface area contributed by atoms with Crippen molar-refractivity contribution in [3.8, 4) is 0 Å². The molecule has 3 fully saturated rings. The van der Waals surface area contributed by atoms with Gasteiger partial charge in [0.15, 0.2) is 11.6 Å². The van der Waals surface area contributed by atoms with Crippen LogP contribution in [0.25, 0.3) is 0 Å². The summed E-state index contributed by atoms with van der Waals surface area (Å²) in [4.78, 5) is 69.7. The van der Waals surface area contributed by atoms with Crippen LogP contribution in [0.3, 0.4) is 0 Å². The Morgan fingerprint density at radius 2 is 1.70 bits per heavy atom. The predicted octanol–water partition coefficient (Wildman–Crippen LogP) is 6.08. The van der Waals surface area contributed by atoms with Crippen molar-refractivity contribution in [1.82, 2.24) is 10.2 Å². The van der Waals surface area contributed by atoms with E-state index in [9.17, 15) is 29.1 Å². The van der Waals surface area contributed by atoms with Crippen LogP contribution in [0.2, 0.25) is 0 Å². The lowest BCUT2D eigenvalue weighted by Gasteiger charge is -2.46. The van der Waals surface area contributed by atoms with Crippen LogP contribution in [0.5, 0.6) is 0 Å². The van der Waals surface area contributed by atoms with Gasteiger partial charge >= 0.3 is 0 Å². The number of rotatable bonds is 8. The smallest absolute Gasteiger partial charge is 0.296 e. The number of allylic oxidation sites excluding steroid dienone is 3. The Kier molecular flexibility index (Phi) is 18.7. The predicted molar refractivity (Wildman–Crippen MR) is 228 cm³/mol. The summed E-state index contributed by atoms with van der Waals surface area (Å²) in [5, 5.41) is 15.1. The fourth-order valence-corrected chi connectivity index (χ4v) is 10.0. The molecule has 340 valence electrons.